The number of imidazole rings is 1. The van der Waals surface area contributed by atoms with Crippen LogP contribution in [0.25, 0.3) is 11.0 Å². The molecule has 3 aromatic rings. The number of hydrogen-bond donors (Lipinski definition) is 1. The molecule has 27 heavy (non-hydrogen) atoms. The number of para-hydroxylation sites is 2. The smallest absolute Gasteiger partial charge is 0.220 e. The Morgan fingerprint density at radius 2 is 1.81 bits per heavy atom. The van der Waals surface area contributed by atoms with Crippen LogP contribution in [0.1, 0.15) is 51.4 Å². The highest BCUT2D eigenvalue weighted by molar-refractivity contribution is 5.78. The van der Waals surface area contributed by atoms with E-state index in [1.807, 2.05) is 37.4 Å². The van der Waals surface area contributed by atoms with Gasteiger partial charge in [-0.2, -0.15) is 0 Å². The van der Waals surface area contributed by atoms with E-state index >= 15 is 0 Å². The van der Waals surface area contributed by atoms with Gasteiger partial charge in [0, 0.05) is 32.4 Å². The molecule has 0 fully saturated rings. The number of nitrogens with zero attached hydrogens (tertiary/aromatic N) is 3. The molecule has 0 saturated carbocycles. The molecule has 1 unspecified atom stereocenters. The molecule has 0 spiro atoms. The van der Waals surface area contributed by atoms with Gasteiger partial charge in [-0.25, -0.2) is 4.98 Å². The molecule has 0 saturated heterocycles. The number of aromatic nitrogens is 3. The number of carbonyl (C=O) groups excluding carboxylic acids is 1. The molecule has 1 N–H and O–H groups in total. The van der Waals surface area contributed by atoms with Crippen molar-refractivity contribution >= 4 is 16.9 Å². The Labute approximate surface area is 161 Å². The van der Waals surface area contributed by atoms with Gasteiger partial charge in [0.05, 0.1) is 17.1 Å². The van der Waals surface area contributed by atoms with E-state index in [0.717, 1.165) is 42.7 Å². The van der Waals surface area contributed by atoms with Gasteiger partial charge in [0.15, 0.2) is 0 Å². The van der Waals surface area contributed by atoms with Crippen LogP contribution in [0.3, 0.4) is 0 Å². The maximum absolute atomic E-state index is 12.5. The number of fused-ring (bicyclic) bond motifs is 1. The Bertz CT molecular complexity index is 864. The van der Waals surface area contributed by atoms with Gasteiger partial charge in [0.25, 0.3) is 0 Å². The van der Waals surface area contributed by atoms with Crippen LogP contribution < -0.4 is 5.32 Å². The van der Waals surface area contributed by atoms with E-state index in [1.165, 1.54) is 0 Å². The summed E-state index contributed by atoms with van der Waals surface area (Å²) in [6.45, 7) is 5.27. The summed E-state index contributed by atoms with van der Waals surface area (Å²) in [5, 5.41) is 3.21. The van der Waals surface area contributed by atoms with E-state index in [9.17, 15) is 4.79 Å². The van der Waals surface area contributed by atoms with Gasteiger partial charge in [-0.05, 0) is 43.0 Å². The lowest BCUT2D eigenvalue weighted by Gasteiger charge is -2.22. The van der Waals surface area contributed by atoms with Gasteiger partial charge in [0.1, 0.15) is 5.82 Å². The average molecular weight is 367 g/mol. The van der Waals surface area contributed by atoms with Crippen LogP contribution >= 0.6 is 0 Å². The molecule has 0 radical (unpaired) electrons. The van der Waals surface area contributed by atoms with Crippen molar-refractivity contribution in [2.75, 3.05) is 0 Å². The molecule has 1 atom stereocenters. The summed E-state index contributed by atoms with van der Waals surface area (Å²) in [6.07, 6.45) is 7.80. The molecule has 0 aliphatic rings. The zero-order chi connectivity index (χ0) is 19.2. The lowest BCUT2D eigenvalue weighted by atomic mass is 10.0. The second-order valence-corrected chi connectivity index (χ2v) is 7.54. The number of amides is 1. The number of carbonyl (C=O) groups is 1. The largest absolute Gasteiger partial charge is 0.354 e. The predicted octanol–water partition coefficient (Wildman–Crippen LogP) is 4.45. The van der Waals surface area contributed by atoms with Gasteiger partial charge < -0.3 is 14.5 Å². The first kappa shape index (κ1) is 19.2. The molecular formula is C22H30N4O. The lowest BCUT2D eigenvalue weighted by molar-refractivity contribution is -0.122. The molecule has 1 aromatic carbocycles. The summed E-state index contributed by atoms with van der Waals surface area (Å²) >= 11 is 0. The molecule has 2 heterocycles. The molecule has 0 aliphatic carbocycles. The standard InChI is InChI=1S/C22H30N4O/c1-17(2)21(22-23-18-11-6-7-12-19(18)25(22)3)24-20(27)13-5-4-8-14-26-15-9-10-16-26/h6-7,9-12,15-17,21H,4-5,8,13-14H2,1-3H3,(H,24,27). The summed E-state index contributed by atoms with van der Waals surface area (Å²) < 4.78 is 4.28. The zero-order valence-corrected chi connectivity index (χ0v) is 16.6. The Balaban J connectivity index is 1.54. The normalized spacial score (nSPS) is 12.6. The Hall–Kier alpha value is -2.56. The Kier molecular flexibility index (Phi) is 6.32. The van der Waals surface area contributed by atoms with E-state index in [2.05, 4.69) is 46.8 Å². The Morgan fingerprint density at radius 1 is 1.07 bits per heavy atom. The molecule has 5 heteroatoms. The molecule has 2 aromatic heterocycles. The van der Waals surface area contributed by atoms with Crippen molar-refractivity contribution < 1.29 is 4.79 Å². The van der Waals surface area contributed by atoms with Crippen molar-refractivity contribution in [1.29, 1.82) is 0 Å². The summed E-state index contributed by atoms with van der Waals surface area (Å²) in [7, 11) is 2.02. The number of hydrogen-bond acceptors (Lipinski definition) is 2. The quantitative estimate of drug-likeness (QED) is 0.569. The number of unbranched alkanes of at least 4 members (excludes halogenated alkanes) is 2. The average Bonchev–Trinajstić information content (AvgIpc) is 3.28. The van der Waals surface area contributed by atoms with E-state index in [0.29, 0.717) is 6.42 Å². The molecule has 0 bridgehead atoms. The van der Waals surface area contributed by atoms with E-state index in [-0.39, 0.29) is 17.9 Å². The van der Waals surface area contributed by atoms with Crippen molar-refractivity contribution in [1.82, 2.24) is 19.4 Å². The topological polar surface area (TPSA) is 51.9 Å². The minimum atomic E-state index is -0.0743. The Morgan fingerprint density at radius 3 is 2.52 bits per heavy atom. The van der Waals surface area contributed by atoms with Crippen LogP contribution in [-0.2, 0) is 18.4 Å². The number of nitrogens with one attached hydrogen (secondary N) is 1. The first-order valence-corrected chi connectivity index (χ1v) is 9.87. The van der Waals surface area contributed by atoms with Crippen molar-refractivity contribution in [3.05, 3.63) is 54.6 Å². The fourth-order valence-electron chi connectivity index (χ4n) is 3.49. The SMILES string of the molecule is CC(C)C(NC(=O)CCCCCn1cccc1)c1nc2ccccc2n1C. The third-order valence-corrected chi connectivity index (χ3v) is 5.07. The van der Waals surface area contributed by atoms with Crippen molar-refractivity contribution in [2.45, 2.75) is 52.1 Å². The monoisotopic (exact) mass is 366 g/mol. The highest BCUT2D eigenvalue weighted by atomic mass is 16.1. The third kappa shape index (κ3) is 4.79. The summed E-state index contributed by atoms with van der Waals surface area (Å²) in [6, 6.07) is 12.1. The minimum Gasteiger partial charge on any atom is -0.354 e. The minimum absolute atomic E-state index is 0.0743. The number of aryl methyl sites for hydroxylation is 2. The summed E-state index contributed by atoms with van der Waals surface area (Å²) in [4.78, 5) is 17.3. The molecule has 144 valence electrons. The van der Waals surface area contributed by atoms with Gasteiger partial charge >= 0.3 is 0 Å². The summed E-state index contributed by atoms with van der Waals surface area (Å²) in [5.41, 5.74) is 2.07. The van der Waals surface area contributed by atoms with Gasteiger partial charge in [0.2, 0.25) is 5.91 Å². The highest BCUT2D eigenvalue weighted by Crippen LogP contribution is 2.25. The summed E-state index contributed by atoms with van der Waals surface area (Å²) in [5.74, 6) is 1.31. The fraction of sp³-hybridized carbons (Fsp3) is 0.455. The zero-order valence-electron chi connectivity index (χ0n) is 16.6. The van der Waals surface area contributed by atoms with Crippen LogP contribution in [0.2, 0.25) is 0 Å². The van der Waals surface area contributed by atoms with Gasteiger partial charge in [-0.15, -0.1) is 0 Å². The molecule has 0 aliphatic heterocycles. The predicted molar refractivity (Wildman–Crippen MR) is 109 cm³/mol. The van der Waals surface area contributed by atoms with Crippen molar-refractivity contribution in [3.63, 3.8) is 0 Å². The third-order valence-electron chi connectivity index (χ3n) is 5.07. The first-order valence-electron chi connectivity index (χ1n) is 9.87. The molecule has 5 nitrogen and oxygen atoms in total. The number of rotatable bonds is 9. The maximum atomic E-state index is 12.5. The fourth-order valence-corrected chi connectivity index (χ4v) is 3.49. The second-order valence-electron chi connectivity index (χ2n) is 7.54. The molecular weight excluding hydrogens is 336 g/mol. The highest BCUT2D eigenvalue weighted by Gasteiger charge is 2.23. The maximum Gasteiger partial charge on any atom is 0.220 e. The van der Waals surface area contributed by atoms with Crippen molar-refractivity contribution in [3.8, 4) is 0 Å². The van der Waals surface area contributed by atoms with Gasteiger partial charge in [-0.1, -0.05) is 32.4 Å². The lowest BCUT2D eigenvalue weighted by Crippen LogP contribution is -2.33. The van der Waals surface area contributed by atoms with Crippen LogP contribution in [0, 0.1) is 5.92 Å². The molecule has 3 rings (SSSR count). The second kappa shape index (κ2) is 8.89. The van der Waals surface area contributed by atoms with Crippen LogP contribution in [0.5, 0.6) is 0 Å². The van der Waals surface area contributed by atoms with Crippen LogP contribution in [0.15, 0.2) is 48.8 Å². The van der Waals surface area contributed by atoms with Crippen molar-refractivity contribution in [2.24, 2.45) is 13.0 Å². The van der Waals surface area contributed by atoms with Crippen LogP contribution in [0.4, 0.5) is 0 Å². The van der Waals surface area contributed by atoms with E-state index in [4.69, 9.17) is 4.98 Å². The van der Waals surface area contributed by atoms with Crippen LogP contribution in [-0.4, -0.2) is 20.0 Å². The van der Waals surface area contributed by atoms with E-state index < -0.39 is 0 Å². The number of benzene rings is 1. The van der Waals surface area contributed by atoms with Gasteiger partial charge in [-0.3, -0.25) is 4.79 Å². The first-order chi connectivity index (χ1) is 13.1. The van der Waals surface area contributed by atoms with E-state index in [1.54, 1.807) is 0 Å². The molecule has 1 amide bonds.